The lowest BCUT2D eigenvalue weighted by Crippen LogP contribution is -2.41. The minimum absolute atomic E-state index is 0.0751. The predicted octanol–water partition coefficient (Wildman–Crippen LogP) is 10.8. The fraction of sp³-hybridized carbons (Fsp3) is 0.279. The lowest BCUT2D eigenvalue weighted by atomic mass is 9.95. The van der Waals surface area contributed by atoms with Crippen molar-refractivity contribution in [3.63, 3.8) is 0 Å². The third-order valence-corrected chi connectivity index (χ3v) is 10.5. The predicted molar refractivity (Wildman–Crippen MR) is 237 cm³/mol. The van der Waals surface area contributed by atoms with Gasteiger partial charge in [0.25, 0.3) is 5.91 Å². The highest BCUT2D eigenvalue weighted by Crippen LogP contribution is 2.41. The van der Waals surface area contributed by atoms with E-state index in [4.69, 9.17) is 75.3 Å². The average Bonchev–Trinajstić information content (AvgIpc) is 3.20. The first kappa shape index (κ1) is 44.4. The monoisotopic (exact) mass is 884 g/mol. The number of benzene rings is 3. The molecule has 5 rings (SSSR count). The molecule has 1 atom stereocenters. The van der Waals surface area contributed by atoms with E-state index in [2.05, 4.69) is 64.9 Å². The molecule has 1 amide bonds. The van der Waals surface area contributed by atoms with E-state index in [9.17, 15) is 9.59 Å². The fourth-order valence-corrected chi connectivity index (χ4v) is 6.78. The van der Waals surface area contributed by atoms with Gasteiger partial charge in [-0.2, -0.15) is 0 Å². The van der Waals surface area contributed by atoms with Crippen molar-refractivity contribution < 1.29 is 9.59 Å². The summed E-state index contributed by atoms with van der Waals surface area (Å²) in [7, 11) is 0. The van der Waals surface area contributed by atoms with Crippen LogP contribution in [0.15, 0.2) is 108 Å². The summed E-state index contributed by atoms with van der Waals surface area (Å²) in [6, 6.07) is 23.0. The molecule has 1 unspecified atom stereocenters. The van der Waals surface area contributed by atoms with Crippen LogP contribution in [-0.2, 0) is 12.4 Å². The number of anilines is 1. The highest BCUT2D eigenvalue weighted by molar-refractivity contribution is 6.67. The molecule has 0 bridgehead atoms. The van der Waals surface area contributed by atoms with Gasteiger partial charge in [0.15, 0.2) is 23.3 Å². The molecular weight excluding hydrogens is 845 g/mol. The maximum absolute atomic E-state index is 14.0. The molecule has 1 saturated heterocycles. The van der Waals surface area contributed by atoms with Crippen molar-refractivity contribution >= 4 is 99.1 Å². The number of ketones is 1. The van der Waals surface area contributed by atoms with Crippen molar-refractivity contribution in [2.45, 2.75) is 40.7 Å². The average molecular weight is 888 g/mol. The number of allylic oxidation sites excluding steroid dienone is 4. The Morgan fingerprint density at radius 2 is 1.25 bits per heavy atom. The van der Waals surface area contributed by atoms with E-state index in [0.717, 1.165) is 36.3 Å². The molecule has 0 spiro atoms. The molecular formula is C43H42Cl6N6O2. The third kappa shape index (κ3) is 11.7. The van der Waals surface area contributed by atoms with E-state index in [-0.39, 0.29) is 42.3 Å². The number of halogens is 6. The molecule has 2 heterocycles. The van der Waals surface area contributed by atoms with E-state index >= 15 is 0 Å². The van der Waals surface area contributed by atoms with Crippen molar-refractivity contribution in [2.24, 2.45) is 5.73 Å². The summed E-state index contributed by atoms with van der Waals surface area (Å²) in [5.41, 5.74) is 12.0. The van der Waals surface area contributed by atoms with Crippen LogP contribution in [0.3, 0.4) is 0 Å². The maximum Gasteiger partial charge on any atom is 0.254 e. The second-order valence-corrected chi connectivity index (χ2v) is 17.8. The number of carbonyl (C=O) groups is 2. The van der Waals surface area contributed by atoms with E-state index in [1.807, 2.05) is 48.6 Å². The largest absolute Gasteiger partial charge is 0.372 e. The molecule has 3 aromatic carbocycles. The second-order valence-electron chi connectivity index (χ2n) is 13.2. The van der Waals surface area contributed by atoms with Gasteiger partial charge in [-0.1, -0.05) is 162 Å². The van der Waals surface area contributed by atoms with E-state index in [1.165, 1.54) is 5.56 Å². The van der Waals surface area contributed by atoms with Gasteiger partial charge in [0.2, 0.25) is 7.59 Å². The molecule has 0 radical (unpaired) electrons. The van der Waals surface area contributed by atoms with E-state index in [0.29, 0.717) is 34.7 Å². The molecule has 57 heavy (non-hydrogen) atoms. The van der Waals surface area contributed by atoms with Gasteiger partial charge >= 0.3 is 0 Å². The molecule has 0 saturated carbocycles. The lowest BCUT2D eigenvalue weighted by Gasteiger charge is -2.29. The number of nitrogens with two attached hydrogens (primary N) is 1. The van der Waals surface area contributed by atoms with Gasteiger partial charge in [-0.25, -0.2) is 15.0 Å². The Kier molecular flexibility index (Phi) is 15.4. The van der Waals surface area contributed by atoms with Gasteiger partial charge < -0.3 is 15.5 Å². The third-order valence-electron chi connectivity index (χ3n) is 9.50. The Balaban J connectivity index is 1.42. The van der Waals surface area contributed by atoms with Crippen LogP contribution >= 0.6 is 69.6 Å². The second kappa shape index (κ2) is 19.8. The van der Waals surface area contributed by atoms with Crippen LogP contribution in [-0.4, -0.2) is 64.3 Å². The zero-order chi connectivity index (χ0) is 41.3. The summed E-state index contributed by atoms with van der Waals surface area (Å²) < 4.78 is -4.04. The summed E-state index contributed by atoms with van der Waals surface area (Å²) in [4.78, 5) is 44.3. The molecule has 8 nitrogen and oxygen atoms in total. The zero-order valence-electron chi connectivity index (χ0n) is 31.6. The number of alkyl halides is 6. The topological polar surface area (TPSA) is 105 Å². The van der Waals surface area contributed by atoms with Crippen LogP contribution in [0.1, 0.15) is 71.8 Å². The van der Waals surface area contributed by atoms with Crippen molar-refractivity contribution in [1.29, 1.82) is 0 Å². The van der Waals surface area contributed by atoms with Crippen molar-refractivity contribution in [3.8, 4) is 11.4 Å². The van der Waals surface area contributed by atoms with Crippen LogP contribution < -0.4 is 10.6 Å². The Hall–Kier alpha value is -3.73. The van der Waals surface area contributed by atoms with Crippen LogP contribution in [0.2, 0.25) is 0 Å². The Morgan fingerprint density at radius 1 is 0.754 bits per heavy atom. The van der Waals surface area contributed by atoms with E-state index < -0.39 is 7.59 Å². The SMILES string of the molecule is CCC(CN)c1ccc(/C=C/C=C2\CN(C(=O)c3ccc(-c4nc(C(Cl)(Cl)Cl)nc(C(Cl)(Cl)Cl)n4)cc3)C/C(=C\C=C\c3ccc(N(CC)CC)cc3)C2=O)cc1. The molecule has 0 aliphatic carbocycles. The minimum Gasteiger partial charge on any atom is -0.372 e. The molecule has 1 aliphatic rings. The summed E-state index contributed by atoms with van der Waals surface area (Å²) in [5, 5.41) is 0. The summed E-state index contributed by atoms with van der Waals surface area (Å²) >= 11 is 36.3. The minimum atomic E-state index is -2.02. The van der Waals surface area contributed by atoms with Crippen LogP contribution in [0.25, 0.3) is 23.5 Å². The molecule has 14 heteroatoms. The molecule has 298 valence electrons. The standard InChI is InChI=1S/C43H42Cl6N6O2/c1-4-30(25-50)31-17-13-28(14-18-31)9-7-11-34-26-55(27-35(37(34)56)12-8-10-29-15-23-36(24-16-29)54(5-2)6-3)39(57)33-21-19-32(20-22-33)38-51-40(42(44,45)46)53-41(52-38)43(47,48)49/h7-24,30H,4-6,25-27,50H2,1-3H3/b9-7+,10-8+,34-11+,35-12+. The number of nitrogens with zero attached hydrogens (tertiary/aromatic N) is 5. The van der Waals surface area contributed by atoms with Gasteiger partial charge in [0, 0.05) is 41.1 Å². The van der Waals surface area contributed by atoms with Gasteiger partial charge in [0.1, 0.15) is 0 Å². The lowest BCUT2D eigenvalue weighted by molar-refractivity contribution is -0.113. The number of aromatic nitrogens is 3. The number of hydrogen-bond donors (Lipinski definition) is 1. The molecule has 1 fully saturated rings. The van der Waals surface area contributed by atoms with Gasteiger partial charge in [-0.05, 0) is 73.7 Å². The number of hydrogen-bond acceptors (Lipinski definition) is 7. The first-order valence-corrected chi connectivity index (χ1v) is 20.7. The number of amides is 1. The highest BCUT2D eigenvalue weighted by Gasteiger charge is 2.34. The first-order chi connectivity index (χ1) is 27.1. The van der Waals surface area contributed by atoms with Crippen LogP contribution in [0.5, 0.6) is 0 Å². The van der Waals surface area contributed by atoms with Crippen molar-refractivity contribution in [1.82, 2.24) is 19.9 Å². The quantitative estimate of drug-likeness (QED) is 0.112. The number of rotatable bonds is 12. The van der Waals surface area contributed by atoms with E-state index in [1.54, 1.807) is 41.3 Å². The van der Waals surface area contributed by atoms with Crippen LogP contribution in [0, 0.1) is 0 Å². The smallest absolute Gasteiger partial charge is 0.254 e. The number of piperidine rings is 1. The molecule has 1 aliphatic heterocycles. The summed E-state index contributed by atoms with van der Waals surface area (Å²) in [5.74, 6) is -0.499. The number of likely N-dealkylation sites (tertiary alicyclic amines) is 1. The Bertz CT molecular complexity index is 2030. The Morgan fingerprint density at radius 3 is 1.68 bits per heavy atom. The van der Waals surface area contributed by atoms with Gasteiger partial charge in [-0.3, -0.25) is 9.59 Å². The zero-order valence-corrected chi connectivity index (χ0v) is 36.1. The molecule has 1 aromatic heterocycles. The normalized spacial score (nSPS) is 16.0. The summed E-state index contributed by atoms with van der Waals surface area (Å²) in [6.07, 6.45) is 12.0. The van der Waals surface area contributed by atoms with Crippen molar-refractivity contribution in [2.75, 3.05) is 37.6 Å². The number of carbonyl (C=O) groups excluding carboxylic acids is 2. The van der Waals surface area contributed by atoms with Gasteiger partial charge in [-0.15, -0.1) is 0 Å². The first-order valence-electron chi connectivity index (χ1n) is 18.4. The highest BCUT2D eigenvalue weighted by atomic mass is 35.6. The van der Waals surface area contributed by atoms with Crippen LogP contribution in [0.4, 0.5) is 5.69 Å². The molecule has 4 aromatic rings. The molecule has 2 N–H and O–H groups in total. The fourth-order valence-electron chi connectivity index (χ4n) is 6.27. The number of Topliss-reactive ketones (excluding diaryl/α,β-unsaturated/α-hetero) is 1. The maximum atomic E-state index is 14.0. The van der Waals surface area contributed by atoms with Gasteiger partial charge in [0.05, 0.1) is 13.1 Å². The Labute approximate surface area is 364 Å². The van der Waals surface area contributed by atoms with Crippen molar-refractivity contribution in [3.05, 3.63) is 142 Å². The summed E-state index contributed by atoms with van der Waals surface area (Å²) in [6.45, 7) is 9.02.